The minimum Gasteiger partial charge on any atom is -0.456 e. The summed E-state index contributed by atoms with van der Waals surface area (Å²) in [5.41, 5.74) is 0.974. The molecule has 2 aromatic rings. The zero-order valence-corrected chi connectivity index (χ0v) is 14.6. The Bertz CT molecular complexity index is 778. The van der Waals surface area contributed by atoms with Crippen LogP contribution < -0.4 is 5.32 Å². The fourth-order valence-corrected chi connectivity index (χ4v) is 2.27. The van der Waals surface area contributed by atoms with E-state index >= 15 is 0 Å². The van der Waals surface area contributed by atoms with Crippen molar-refractivity contribution in [2.75, 3.05) is 11.9 Å². The molecular formula is C18H15Cl2NO4. The van der Waals surface area contributed by atoms with Crippen molar-refractivity contribution in [1.29, 1.82) is 0 Å². The number of ether oxygens (including phenoxy) is 1. The third-order valence-electron chi connectivity index (χ3n) is 3.22. The first-order chi connectivity index (χ1) is 12.0. The number of carbonyl (C=O) groups excluding carboxylic acids is 3. The van der Waals surface area contributed by atoms with Gasteiger partial charge in [0.25, 0.3) is 5.91 Å². The number of ketones is 1. The summed E-state index contributed by atoms with van der Waals surface area (Å²) >= 11 is 11.6. The Kier molecular flexibility index (Phi) is 6.98. The van der Waals surface area contributed by atoms with Crippen LogP contribution in [0.15, 0.2) is 48.5 Å². The largest absolute Gasteiger partial charge is 0.456 e. The third-order valence-corrected chi connectivity index (χ3v) is 3.96. The van der Waals surface area contributed by atoms with Crippen molar-refractivity contribution >= 4 is 46.5 Å². The molecular weight excluding hydrogens is 365 g/mol. The third kappa shape index (κ3) is 6.21. The van der Waals surface area contributed by atoms with Gasteiger partial charge in [0, 0.05) is 17.7 Å². The monoisotopic (exact) mass is 379 g/mol. The van der Waals surface area contributed by atoms with Gasteiger partial charge in [-0.25, -0.2) is 0 Å². The number of rotatable bonds is 7. The number of Topliss-reactive ketones (excluding diaryl/α,β-unsaturated/α-hetero) is 1. The molecule has 0 aliphatic carbocycles. The fourth-order valence-electron chi connectivity index (χ4n) is 1.97. The van der Waals surface area contributed by atoms with Gasteiger partial charge in [-0.3, -0.25) is 14.4 Å². The minimum atomic E-state index is -0.617. The zero-order valence-electron chi connectivity index (χ0n) is 13.1. The minimum absolute atomic E-state index is 0.0251. The maximum absolute atomic E-state index is 11.9. The van der Waals surface area contributed by atoms with E-state index in [4.69, 9.17) is 27.9 Å². The van der Waals surface area contributed by atoms with Crippen LogP contribution in [0.2, 0.25) is 10.0 Å². The summed E-state index contributed by atoms with van der Waals surface area (Å²) < 4.78 is 4.85. The predicted octanol–water partition coefficient (Wildman–Crippen LogP) is 4.14. The molecule has 0 saturated carbocycles. The summed E-state index contributed by atoms with van der Waals surface area (Å²) in [5.74, 6) is -1.28. The number of anilines is 1. The molecule has 2 rings (SSSR count). The second-order valence-corrected chi connectivity index (χ2v) is 5.94. The van der Waals surface area contributed by atoms with Crippen LogP contribution in [0.5, 0.6) is 0 Å². The van der Waals surface area contributed by atoms with Crippen molar-refractivity contribution in [3.63, 3.8) is 0 Å². The van der Waals surface area contributed by atoms with Crippen LogP contribution in [0, 0.1) is 0 Å². The molecule has 130 valence electrons. The Hall–Kier alpha value is -2.37. The van der Waals surface area contributed by atoms with Crippen molar-refractivity contribution in [1.82, 2.24) is 0 Å². The van der Waals surface area contributed by atoms with E-state index in [1.165, 1.54) is 6.07 Å². The molecule has 0 spiro atoms. The van der Waals surface area contributed by atoms with E-state index in [1.807, 2.05) is 0 Å². The van der Waals surface area contributed by atoms with Crippen LogP contribution in [-0.4, -0.2) is 24.3 Å². The molecule has 7 heteroatoms. The molecule has 0 aliphatic rings. The number of esters is 1. The van der Waals surface area contributed by atoms with Crippen molar-refractivity contribution in [3.8, 4) is 0 Å². The number of hydrogen-bond donors (Lipinski definition) is 1. The van der Waals surface area contributed by atoms with E-state index < -0.39 is 18.5 Å². The number of halogens is 2. The first-order valence-corrected chi connectivity index (χ1v) is 8.20. The molecule has 5 nitrogen and oxygen atoms in total. The summed E-state index contributed by atoms with van der Waals surface area (Å²) in [5, 5.41) is 3.20. The molecule has 1 N–H and O–H groups in total. The maximum atomic E-state index is 11.9. The van der Waals surface area contributed by atoms with Crippen molar-refractivity contribution in [2.24, 2.45) is 0 Å². The Morgan fingerprint density at radius 3 is 2.32 bits per heavy atom. The first-order valence-electron chi connectivity index (χ1n) is 7.44. The van der Waals surface area contributed by atoms with Gasteiger partial charge < -0.3 is 10.1 Å². The average molecular weight is 380 g/mol. The second-order valence-electron chi connectivity index (χ2n) is 5.13. The van der Waals surface area contributed by atoms with Crippen molar-refractivity contribution in [2.45, 2.75) is 12.8 Å². The summed E-state index contributed by atoms with van der Waals surface area (Å²) in [6.45, 7) is -0.446. The van der Waals surface area contributed by atoms with Crippen LogP contribution in [0.1, 0.15) is 23.2 Å². The summed E-state index contributed by atoms with van der Waals surface area (Å²) in [7, 11) is 0. The maximum Gasteiger partial charge on any atom is 0.306 e. The molecule has 0 saturated heterocycles. The SMILES string of the molecule is O=C(COC(=O)CCC(=O)c1ccccc1)Nc1ccc(Cl)c(Cl)c1. The van der Waals surface area contributed by atoms with Crippen LogP contribution in [0.25, 0.3) is 0 Å². The average Bonchev–Trinajstić information content (AvgIpc) is 2.61. The molecule has 0 unspecified atom stereocenters. The van der Waals surface area contributed by atoms with Gasteiger partial charge in [0.2, 0.25) is 0 Å². The van der Waals surface area contributed by atoms with E-state index in [1.54, 1.807) is 42.5 Å². The van der Waals surface area contributed by atoms with Gasteiger partial charge in [-0.2, -0.15) is 0 Å². The second kappa shape index (κ2) is 9.20. The van der Waals surface area contributed by atoms with Gasteiger partial charge in [0.15, 0.2) is 12.4 Å². The molecule has 2 aromatic carbocycles. The number of nitrogens with one attached hydrogen (secondary N) is 1. The van der Waals surface area contributed by atoms with E-state index in [9.17, 15) is 14.4 Å². The van der Waals surface area contributed by atoms with Crippen molar-refractivity contribution in [3.05, 3.63) is 64.1 Å². The number of benzene rings is 2. The highest BCUT2D eigenvalue weighted by Crippen LogP contribution is 2.24. The Balaban J connectivity index is 1.73. The van der Waals surface area contributed by atoms with E-state index in [0.717, 1.165) is 0 Å². The van der Waals surface area contributed by atoms with E-state index in [0.29, 0.717) is 21.3 Å². The van der Waals surface area contributed by atoms with Gasteiger partial charge in [-0.15, -0.1) is 0 Å². The fraction of sp³-hybridized carbons (Fsp3) is 0.167. The Morgan fingerprint density at radius 1 is 0.920 bits per heavy atom. The molecule has 0 fully saturated rings. The summed E-state index contributed by atoms with van der Waals surface area (Å²) in [6.07, 6.45) is -0.0644. The lowest BCUT2D eigenvalue weighted by Gasteiger charge is -2.07. The van der Waals surface area contributed by atoms with Crippen LogP contribution in [0.3, 0.4) is 0 Å². The van der Waals surface area contributed by atoms with Crippen molar-refractivity contribution < 1.29 is 19.1 Å². The highest BCUT2D eigenvalue weighted by Gasteiger charge is 2.12. The smallest absolute Gasteiger partial charge is 0.306 e. The lowest BCUT2D eigenvalue weighted by Crippen LogP contribution is -2.21. The predicted molar refractivity (Wildman–Crippen MR) is 96.1 cm³/mol. The van der Waals surface area contributed by atoms with Crippen LogP contribution >= 0.6 is 23.2 Å². The van der Waals surface area contributed by atoms with Gasteiger partial charge >= 0.3 is 5.97 Å². The molecule has 0 radical (unpaired) electrons. The van der Waals surface area contributed by atoms with E-state index in [-0.39, 0.29) is 18.6 Å². The molecule has 0 heterocycles. The quantitative estimate of drug-likeness (QED) is 0.579. The van der Waals surface area contributed by atoms with Gasteiger partial charge in [-0.1, -0.05) is 53.5 Å². The molecule has 0 bridgehead atoms. The number of carbonyl (C=O) groups is 3. The molecule has 0 atom stereocenters. The molecule has 0 aliphatic heterocycles. The van der Waals surface area contributed by atoms with Gasteiger partial charge in [0.05, 0.1) is 16.5 Å². The van der Waals surface area contributed by atoms with Gasteiger partial charge in [-0.05, 0) is 18.2 Å². The summed E-state index contributed by atoms with van der Waals surface area (Å²) in [6, 6.07) is 13.3. The Morgan fingerprint density at radius 2 is 1.64 bits per heavy atom. The summed E-state index contributed by atoms with van der Waals surface area (Å²) in [4.78, 5) is 35.3. The number of amides is 1. The molecule has 1 amide bonds. The zero-order chi connectivity index (χ0) is 18.2. The highest BCUT2D eigenvalue weighted by atomic mass is 35.5. The lowest BCUT2D eigenvalue weighted by atomic mass is 10.1. The van der Waals surface area contributed by atoms with Gasteiger partial charge in [0.1, 0.15) is 0 Å². The van der Waals surface area contributed by atoms with Crippen LogP contribution in [-0.2, 0) is 14.3 Å². The standard InChI is InChI=1S/C18H15Cl2NO4/c19-14-7-6-13(10-15(14)20)21-17(23)11-25-18(24)9-8-16(22)12-4-2-1-3-5-12/h1-7,10H,8-9,11H2,(H,21,23). The molecule has 25 heavy (non-hydrogen) atoms. The first kappa shape index (κ1) is 19.0. The van der Waals surface area contributed by atoms with Crippen LogP contribution in [0.4, 0.5) is 5.69 Å². The normalized spacial score (nSPS) is 10.2. The molecule has 0 aromatic heterocycles. The Labute approximate surface area is 154 Å². The number of hydrogen-bond acceptors (Lipinski definition) is 4. The topological polar surface area (TPSA) is 72.5 Å². The lowest BCUT2D eigenvalue weighted by molar-refractivity contribution is -0.147. The van der Waals surface area contributed by atoms with E-state index in [2.05, 4.69) is 5.32 Å². The highest BCUT2D eigenvalue weighted by molar-refractivity contribution is 6.42.